The lowest BCUT2D eigenvalue weighted by Crippen LogP contribution is -2.27. The third-order valence-corrected chi connectivity index (χ3v) is 2.08. The lowest BCUT2D eigenvalue weighted by molar-refractivity contribution is 0.0636. The van der Waals surface area contributed by atoms with Crippen molar-refractivity contribution in [3.63, 3.8) is 0 Å². The third-order valence-electron chi connectivity index (χ3n) is 2.08. The van der Waals surface area contributed by atoms with Crippen molar-refractivity contribution in [2.45, 2.75) is 32.8 Å². The molecule has 0 aliphatic rings. The molecule has 0 radical (unpaired) electrons. The largest absolute Gasteiger partial charge is 0.444 e. The van der Waals surface area contributed by atoms with E-state index in [4.69, 9.17) is 11.3 Å². The molecule has 0 aliphatic heterocycles. The van der Waals surface area contributed by atoms with Crippen molar-refractivity contribution in [3.8, 4) is 0 Å². The van der Waals surface area contributed by atoms with Gasteiger partial charge in [0.15, 0.2) is 0 Å². The highest BCUT2D eigenvalue weighted by atomic mass is 16.6. The average Bonchev–Trinajstić information content (AvgIpc) is 2.24. The first-order valence-electron chi connectivity index (χ1n) is 5.83. The van der Waals surface area contributed by atoms with Crippen molar-refractivity contribution in [1.29, 1.82) is 0 Å². The van der Waals surface area contributed by atoms with Crippen molar-refractivity contribution < 1.29 is 9.53 Å². The number of benzene rings is 1. The van der Waals surface area contributed by atoms with Gasteiger partial charge in [-0.25, -0.2) is 11.4 Å². The van der Waals surface area contributed by atoms with Crippen molar-refractivity contribution in [2.75, 3.05) is 11.9 Å². The highest BCUT2D eigenvalue weighted by Crippen LogP contribution is 2.14. The van der Waals surface area contributed by atoms with Gasteiger partial charge >= 0.3 is 6.09 Å². The number of hydrogen-bond acceptors (Lipinski definition) is 2. The molecule has 1 amide bonds. The highest BCUT2D eigenvalue weighted by molar-refractivity contribution is 5.84. The van der Waals surface area contributed by atoms with Gasteiger partial charge in [0.05, 0.1) is 0 Å². The molecular formula is C14H18N2O2. The first-order valence-corrected chi connectivity index (χ1v) is 5.83. The number of anilines is 1. The number of ether oxygens (including phenoxy) is 1. The Balaban J connectivity index is 2.62. The number of amides is 1. The van der Waals surface area contributed by atoms with Crippen LogP contribution in [-0.4, -0.2) is 18.2 Å². The standard InChI is InChI=1S/C14H18N2O2/c1-14(2,3)18-13(17)16-12-7-5-6-11(10-12)8-9-15-4/h5-7,10H,8-9H2,1-3H3,(H,16,17). The first kappa shape index (κ1) is 14.0. The fourth-order valence-electron chi connectivity index (χ4n) is 1.41. The molecule has 4 nitrogen and oxygen atoms in total. The van der Waals surface area contributed by atoms with E-state index in [0.717, 1.165) is 5.56 Å². The van der Waals surface area contributed by atoms with Crippen LogP contribution in [0.5, 0.6) is 0 Å². The minimum Gasteiger partial charge on any atom is -0.444 e. The Labute approximate surface area is 108 Å². The van der Waals surface area contributed by atoms with E-state index in [-0.39, 0.29) is 0 Å². The van der Waals surface area contributed by atoms with Gasteiger partial charge in [-0.2, -0.15) is 0 Å². The monoisotopic (exact) mass is 246 g/mol. The summed E-state index contributed by atoms with van der Waals surface area (Å²) >= 11 is 0. The highest BCUT2D eigenvalue weighted by Gasteiger charge is 2.16. The molecule has 0 saturated carbocycles. The topological polar surface area (TPSA) is 42.7 Å². The van der Waals surface area contributed by atoms with Crippen LogP contribution in [0.1, 0.15) is 26.3 Å². The van der Waals surface area contributed by atoms with Crippen LogP contribution in [0.25, 0.3) is 4.85 Å². The number of carbonyl (C=O) groups excluding carboxylic acids is 1. The van der Waals surface area contributed by atoms with Gasteiger partial charge in [0.2, 0.25) is 6.54 Å². The van der Waals surface area contributed by atoms with Gasteiger partial charge in [-0.15, -0.1) is 0 Å². The fraction of sp³-hybridized carbons (Fsp3) is 0.429. The van der Waals surface area contributed by atoms with Crippen molar-refractivity contribution in [1.82, 2.24) is 0 Å². The van der Waals surface area contributed by atoms with E-state index in [2.05, 4.69) is 10.2 Å². The summed E-state index contributed by atoms with van der Waals surface area (Å²) < 4.78 is 5.16. The van der Waals surface area contributed by atoms with Gasteiger partial charge in [0, 0.05) is 12.1 Å². The molecule has 0 fully saturated rings. The quantitative estimate of drug-likeness (QED) is 0.829. The van der Waals surface area contributed by atoms with Crippen molar-refractivity contribution >= 4 is 11.8 Å². The van der Waals surface area contributed by atoms with Crippen LogP contribution in [0.4, 0.5) is 10.5 Å². The summed E-state index contributed by atoms with van der Waals surface area (Å²) in [6, 6.07) is 7.44. The molecule has 1 aromatic rings. The molecular weight excluding hydrogens is 228 g/mol. The average molecular weight is 246 g/mol. The summed E-state index contributed by atoms with van der Waals surface area (Å²) in [6.07, 6.45) is 0.220. The van der Waals surface area contributed by atoms with Crippen LogP contribution >= 0.6 is 0 Å². The van der Waals surface area contributed by atoms with Gasteiger partial charge in [-0.1, -0.05) is 12.1 Å². The number of rotatable bonds is 3. The van der Waals surface area contributed by atoms with Crippen molar-refractivity contribution in [3.05, 3.63) is 41.2 Å². The van der Waals surface area contributed by atoms with E-state index in [1.54, 1.807) is 6.07 Å². The van der Waals surface area contributed by atoms with Crippen LogP contribution in [0, 0.1) is 6.57 Å². The summed E-state index contributed by atoms with van der Waals surface area (Å²) in [7, 11) is 0. The smallest absolute Gasteiger partial charge is 0.412 e. The van der Waals surface area contributed by atoms with E-state index < -0.39 is 11.7 Å². The molecule has 0 bridgehead atoms. The maximum absolute atomic E-state index is 11.6. The summed E-state index contributed by atoms with van der Waals surface area (Å²) in [5.74, 6) is 0. The molecule has 4 heteroatoms. The molecule has 0 heterocycles. The summed E-state index contributed by atoms with van der Waals surface area (Å²) in [6.45, 7) is 12.7. The van der Waals surface area contributed by atoms with E-state index in [1.165, 1.54) is 0 Å². The maximum Gasteiger partial charge on any atom is 0.412 e. The van der Waals surface area contributed by atoms with E-state index in [0.29, 0.717) is 18.7 Å². The molecule has 18 heavy (non-hydrogen) atoms. The predicted octanol–water partition coefficient (Wildman–Crippen LogP) is 3.50. The Morgan fingerprint density at radius 2 is 2.17 bits per heavy atom. The Hall–Kier alpha value is -2.02. The zero-order valence-electron chi connectivity index (χ0n) is 11.0. The molecule has 0 unspecified atom stereocenters. The van der Waals surface area contributed by atoms with Crippen LogP contribution < -0.4 is 5.32 Å². The van der Waals surface area contributed by atoms with Crippen molar-refractivity contribution in [2.24, 2.45) is 0 Å². The van der Waals surface area contributed by atoms with Gasteiger partial charge in [-0.05, 0) is 38.5 Å². The predicted molar refractivity (Wildman–Crippen MR) is 71.5 cm³/mol. The molecule has 0 aliphatic carbocycles. The second-order valence-corrected chi connectivity index (χ2v) is 4.96. The molecule has 1 aromatic carbocycles. The second kappa shape index (κ2) is 6.06. The van der Waals surface area contributed by atoms with E-state index in [1.807, 2.05) is 39.0 Å². The van der Waals surface area contributed by atoms with Gasteiger partial charge in [0.25, 0.3) is 0 Å². The lowest BCUT2D eigenvalue weighted by atomic mass is 10.1. The van der Waals surface area contributed by atoms with Gasteiger partial charge < -0.3 is 9.58 Å². The minimum absolute atomic E-state index is 0.454. The number of nitrogens with zero attached hydrogens (tertiary/aromatic N) is 1. The molecule has 0 atom stereocenters. The Morgan fingerprint density at radius 3 is 2.78 bits per heavy atom. The van der Waals surface area contributed by atoms with E-state index in [9.17, 15) is 4.79 Å². The second-order valence-electron chi connectivity index (χ2n) is 4.96. The van der Waals surface area contributed by atoms with Gasteiger partial charge in [0.1, 0.15) is 5.60 Å². The Kier molecular flexibility index (Phi) is 4.73. The van der Waals surface area contributed by atoms with Crippen LogP contribution in [0.2, 0.25) is 0 Å². The van der Waals surface area contributed by atoms with Crippen LogP contribution in [0.15, 0.2) is 24.3 Å². The van der Waals surface area contributed by atoms with Crippen LogP contribution in [-0.2, 0) is 11.2 Å². The molecule has 96 valence electrons. The third kappa shape index (κ3) is 5.35. The number of nitrogens with one attached hydrogen (secondary N) is 1. The minimum atomic E-state index is -0.508. The lowest BCUT2D eigenvalue weighted by Gasteiger charge is -2.19. The number of hydrogen-bond donors (Lipinski definition) is 1. The fourth-order valence-corrected chi connectivity index (χ4v) is 1.41. The molecule has 1 rings (SSSR count). The van der Waals surface area contributed by atoms with E-state index >= 15 is 0 Å². The first-order chi connectivity index (χ1) is 8.40. The Morgan fingerprint density at radius 1 is 1.44 bits per heavy atom. The zero-order chi connectivity index (χ0) is 13.6. The Bertz CT molecular complexity index is 456. The molecule has 0 aromatic heterocycles. The SMILES string of the molecule is [C-]#[N+]CCc1cccc(NC(=O)OC(C)(C)C)c1. The van der Waals surface area contributed by atoms with Crippen LogP contribution in [0.3, 0.4) is 0 Å². The molecule has 0 spiro atoms. The summed E-state index contributed by atoms with van der Waals surface area (Å²) in [5.41, 5.74) is 1.21. The normalized spacial score (nSPS) is 10.6. The zero-order valence-corrected chi connectivity index (χ0v) is 11.0. The summed E-state index contributed by atoms with van der Waals surface area (Å²) in [5, 5.41) is 2.68. The summed E-state index contributed by atoms with van der Waals surface area (Å²) in [4.78, 5) is 14.9. The van der Waals surface area contributed by atoms with Gasteiger partial charge in [-0.3, -0.25) is 5.32 Å². The molecule has 1 N–H and O–H groups in total. The molecule has 0 saturated heterocycles. The number of carbonyl (C=O) groups is 1. The maximum atomic E-state index is 11.6.